The Morgan fingerprint density at radius 1 is 1.18 bits per heavy atom. The van der Waals surface area contributed by atoms with Crippen LogP contribution in [0.2, 0.25) is 0 Å². The molecule has 28 heavy (non-hydrogen) atoms. The van der Waals surface area contributed by atoms with Crippen molar-refractivity contribution in [3.05, 3.63) is 47.7 Å². The molecule has 8 heteroatoms. The summed E-state index contributed by atoms with van der Waals surface area (Å²) in [4.78, 5) is 20.2. The second-order valence-corrected chi connectivity index (χ2v) is 7.36. The monoisotopic (exact) mass is 391 g/mol. The highest BCUT2D eigenvalue weighted by Gasteiger charge is 2.39. The molecule has 4 rings (SSSR count). The minimum absolute atomic E-state index is 0.0565. The summed E-state index contributed by atoms with van der Waals surface area (Å²) in [6, 6.07) is 8.81. The molecule has 0 bridgehead atoms. The van der Waals surface area contributed by atoms with E-state index in [-0.39, 0.29) is 6.04 Å². The molecule has 0 spiro atoms. The highest BCUT2D eigenvalue weighted by Crippen LogP contribution is 2.42. The molecule has 3 heterocycles. The highest BCUT2D eigenvalue weighted by atomic mass is 19.4. The van der Waals surface area contributed by atoms with Gasteiger partial charge in [-0.25, -0.2) is 4.98 Å². The molecule has 0 saturated carbocycles. The Labute approximate surface area is 160 Å². The van der Waals surface area contributed by atoms with Crippen molar-refractivity contribution in [1.29, 1.82) is 0 Å². The van der Waals surface area contributed by atoms with Gasteiger partial charge in [0.2, 0.25) is 0 Å². The number of rotatable bonds is 2. The van der Waals surface area contributed by atoms with Crippen molar-refractivity contribution in [3.8, 4) is 0 Å². The predicted octanol–water partition coefficient (Wildman–Crippen LogP) is 4.23. The molecule has 1 aromatic heterocycles. The summed E-state index contributed by atoms with van der Waals surface area (Å²) >= 11 is 0. The van der Waals surface area contributed by atoms with Gasteiger partial charge in [-0.1, -0.05) is 0 Å². The molecule has 2 aliphatic heterocycles. The lowest BCUT2D eigenvalue weighted by atomic mass is 9.89. The van der Waals surface area contributed by atoms with Crippen molar-refractivity contribution < 1.29 is 23.1 Å². The van der Waals surface area contributed by atoms with Gasteiger partial charge in [0.1, 0.15) is 0 Å². The van der Waals surface area contributed by atoms with Gasteiger partial charge in [-0.3, -0.25) is 4.79 Å². The fourth-order valence-electron chi connectivity index (χ4n) is 4.07. The number of carboxylic acid groups (broad SMARTS) is 1. The Kier molecular flexibility index (Phi) is 4.44. The van der Waals surface area contributed by atoms with Gasteiger partial charge in [0.05, 0.1) is 17.2 Å². The van der Waals surface area contributed by atoms with Crippen LogP contribution in [0.15, 0.2) is 36.4 Å². The Hall–Kier alpha value is -2.77. The maximum Gasteiger partial charge on any atom is 0.416 e. The van der Waals surface area contributed by atoms with Crippen LogP contribution in [-0.4, -0.2) is 35.2 Å². The van der Waals surface area contributed by atoms with Gasteiger partial charge >= 0.3 is 12.1 Å². The number of halogens is 3. The third kappa shape index (κ3) is 3.27. The number of hydrogen-bond donors (Lipinski definition) is 1. The average molecular weight is 391 g/mol. The number of carbonyl (C=O) groups is 1. The Balaban J connectivity index is 1.72. The van der Waals surface area contributed by atoms with E-state index in [1.54, 1.807) is 0 Å². The van der Waals surface area contributed by atoms with Gasteiger partial charge in [0, 0.05) is 30.5 Å². The number of nitrogens with zero attached hydrogens (tertiary/aromatic N) is 3. The van der Waals surface area contributed by atoms with Gasteiger partial charge in [-0.2, -0.15) is 13.2 Å². The first kappa shape index (κ1) is 18.6. The van der Waals surface area contributed by atoms with Crippen molar-refractivity contribution in [2.45, 2.75) is 32.0 Å². The number of hydrogen-bond acceptors (Lipinski definition) is 4. The second-order valence-electron chi connectivity index (χ2n) is 7.36. The summed E-state index contributed by atoms with van der Waals surface area (Å²) in [5.41, 5.74) is 1.61. The fourth-order valence-corrected chi connectivity index (χ4v) is 4.07. The van der Waals surface area contributed by atoms with E-state index in [4.69, 9.17) is 0 Å². The lowest BCUT2D eigenvalue weighted by Gasteiger charge is -2.47. The smallest absolute Gasteiger partial charge is 0.416 e. The first-order valence-corrected chi connectivity index (χ1v) is 9.16. The minimum Gasteiger partial charge on any atom is -0.481 e. The number of piperidine rings is 1. The summed E-state index contributed by atoms with van der Waals surface area (Å²) in [5.74, 6) is -0.453. The summed E-state index contributed by atoms with van der Waals surface area (Å²) in [5, 5.41) is 9.40. The molecular weight excluding hydrogens is 371 g/mol. The zero-order valence-corrected chi connectivity index (χ0v) is 15.3. The van der Waals surface area contributed by atoms with E-state index in [1.807, 2.05) is 24.0 Å². The Morgan fingerprint density at radius 3 is 2.54 bits per heavy atom. The van der Waals surface area contributed by atoms with Crippen LogP contribution in [0.3, 0.4) is 0 Å². The predicted molar refractivity (Wildman–Crippen MR) is 98.9 cm³/mol. The normalized spacial score (nSPS) is 21.9. The highest BCUT2D eigenvalue weighted by molar-refractivity contribution is 5.78. The molecule has 0 radical (unpaired) electrons. The zero-order chi connectivity index (χ0) is 20.1. The zero-order valence-electron chi connectivity index (χ0n) is 15.3. The molecule has 5 nitrogen and oxygen atoms in total. The number of aromatic nitrogens is 1. The van der Waals surface area contributed by atoms with Crippen molar-refractivity contribution in [3.63, 3.8) is 0 Å². The molecule has 2 aromatic rings. The van der Waals surface area contributed by atoms with Crippen LogP contribution in [0.5, 0.6) is 0 Å². The van der Waals surface area contributed by atoms with Gasteiger partial charge in [0.25, 0.3) is 0 Å². The number of anilines is 3. The van der Waals surface area contributed by atoms with E-state index in [2.05, 4.69) is 9.88 Å². The van der Waals surface area contributed by atoms with E-state index in [0.29, 0.717) is 31.6 Å². The largest absolute Gasteiger partial charge is 0.481 e. The standard InChI is InChI=1S/C20H20F3N3O2/c1-12-2-7-17-18(24-12)25-9-8-13(19(27)28)10-16(25)11-26(17)15-5-3-14(4-6-15)20(21,22)23/h2-7,13,16H,8-11H2,1H3,(H,27,28)/t13-,16+/m0/s1. The van der Waals surface area contributed by atoms with Crippen LogP contribution in [0.4, 0.5) is 30.4 Å². The quantitative estimate of drug-likeness (QED) is 0.830. The number of alkyl halides is 3. The summed E-state index contributed by atoms with van der Waals surface area (Å²) in [7, 11) is 0. The molecule has 1 saturated heterocycles. The van der Waals surface area contributed by atoms with Crippen LogP contribution in [0.1, 0.15) is 24.1 Å². The van der Waals surface area contributed by atoms with E-state index >= 15 is 0 Å². The van der Waals surface area contributed by atoms with Gasteiger partial charge in [-0.15, -0.1) is 0 Å². The van der Waals surface area contributed by atoms with E-state index in [1.165, 1.54) is 12.1 Å². The maximum atomic E-state index is 12.9. The first-order valence-electron chi connectivity index (χ1n) is 9.16. The number of fused-ring (bicyclic) bond motifs is 3. The van der Waals surface area contributed by atoms with Crippen LogP contribution < -0.4 is 9.80 Å². The van der Waals surface area contributed by atoms with Crippen LogP contribution in [-0.2, 0) is 11.0 Å². The van der Waals surface area contributed by atoms with Crippen LogP contribution in [0, 0.1) is 12.8 Å². The Bertz CT molecular complexity index is 899. The van der Waals surface area contributed by atoms with E-state index in [0.717, 1.165) is 29.3 Å². The number of pyridine rings is 1. The molecule has 2 aliphatic rings. The maximum absolute atomic E-state index is 12.9. The molecule has 0 unspecified atom stereocenters. The number of carboxylic acids is 1. The number of aryl methyl sites for hydroxylation is 1. The molecule has 1 N–H and O–H groups in total. The average Bonchev–Trinajstić information content (AvgIpc) is 2.66. The second kappa shape index (κ2) is 6.68. The molecule has 1 fully saturated rings. The van der Waals surface area contributed by atoms with E-state index in [9.17, 15) is 23.1 Å². The Morgan fingerprint density at radius 2 is 1.89 bits per heavy atom. The lowest BCUT2D eigenvalue weighted by Crippen LogP contribution is -2.53. The van der Waals surface area contributed by atoms with Crippen molar-refractivity contribution in [1.82, 2.24) is 4.98 Å². The molecular formula is C20H20F3N3O2. The van der Waals surface area contributed by atoms with Gasteiger partial charge in [0.15, 0.2) is 5.82 Å². The topological polar surface area (TPSA) is 56.7 Å². The summed E-state index contributed by atoms with van der Waals surface area (Å²) in [6.45, 7) is 3.00. The fraction of sp³-hybridized carbons (Fsp3) is 0.400. The van der Waals surface area contributed by atoms with Crippen LogP contribution in [0.25, 0.3) is 0 Å². The van der Waals surface area contributed by atoms with Crippen molar-refractivity contribution in [2.24, 2.45) is 5.92 Å². The van der Waals surface area contributed by atoms with Gasteiger partial charge in [-0.05, 0) is 56.2 Å². The number of aliphatic carboxylic acids is 1. The molecule has 0 amide bonds. The SMILES string of the molecule is Cc1ccc2c(n1)N1CC[C@H](C(=O)O)C[C@@H]1CN2c1ccc(C(F)(F)F)cc1. The first-order chi connectivity index (χ1) is 13.2. The van der Waals surface area contributed by atoms with Gasteiger partial charge < -0.3 is 14.9 Å². The molecule has 1 aromatic carbocycles. The van der Waals surface area contributed by atoms with Crippen LogP contribution >= 0.6 is 0 Å². The summed E-state index contributed by atoms with van der Waals surface area (Å²) in [6.07, 6.45) is -3.34. The summed E-state index contributed by atoms with van der Waals surface area (Å²) < 4.78 is 38.7. The minimum atomic E-state index is -4.38. The molecule has 2 atom stereocenters. The number of benzene rings is 1. The third-order valence-electron chi connectivity index (χ3n) is 5.52. The van der Waals surface area contributed by atoms with Crippen molar-refractivity contribution in [2.75, 3.05) is 22.9 Å². The molecule has 0 aliphatic carbocycles. The van der Waals surface area contributed by atoms with E-state index < -0.39 is 23.6 Å². The molecule has 148 valence electrons. The van der Waals surface area contributed by atoms with Crippen molar-refractivity contribution >= 4 is 23.2 Å². The lowest BCUT2D eigenvalue weighted by molar-refractivity contribution is -0.142. The third-order valence-corrected chi connectivity index (χ3v) is 5.52.